The number of nitrogens with one attached hydrogen (secondary N) is 1. The first-order chi connectivity index (χ1) is 12.1. The van der Waals surface area contributed by atoms with Gasteiger partial charge in [-0.2, -0.15) is 0 Å². The molecule has 2 rings (SSSR count). The van der Waals surface area contributed by atoms with Crippen molar-refractivity contribution in [2.24, 2.45) is 5.92 Å². The summed E-state index contributed by atoms with van der Waals surface area (Å²) in [5.74, 6) is -0.530. The second kappa shape index (κ2) is 8.57. The van der Waals surface area contributed by atoms with Crippen molar-refractivity contribution in [3.8, 4) is 0 Å². The molecule has 144 valence electrons. The molecule has 0 atom stereocenters. The number of ether oxygens (including phenoxy) is 1. The standard InChI is InChI=1S/C18H23BrClFN2O3/c1-18(2,3)26-17(25)22-10-11-4-6-23(7-5-11)16(24)12-8-15(21)13(19)9-14(12)20/h8-9,11H,4-7,10H2,1-3H3,(H,22,25). The van der Waals surface area contributed by atoms with Crippen LogP contribution < -0.4 is 5.32 Å². The molecule has 5 nitrogen and oxygen atoms in total. The van der Waals surface area contributed by atoms with Crippen molar-refractivity contribution in [3.05, 3.63) is 33.0 Å². The smallest absolute Gasteiger partial charge is 0.407 e. The molecule has 0 aliphatic carbocycles. The molecule has 0 radical (unpaired) electrons. The Morgan fingerprint density at radius 3 is 2.54 bits per heavy atom. The number of carbonyl (C=O) groups is 2. The van der Waals surface area contributed by atoms with E-state index in [0.717, 1.165) is 18.9 Å². The highest BCUT2D eigenvalue weighted by Crippen LogP contribution is 2.27. The number of rotatable bonds is 3. The van der Waals surface area contributed by atoms with Crippen LogP contribution in [0.4, 0.5) is 9.18 Å². The third-order valence-corrected chi connectivity index (χ3v) is 5.00. The van der Waals surface area contributed by atoms with Crippen LogP contribution >= 0.6 is 27.5 Å². The maximum absolute atomic E-state index is 13.7. The molecule has 1 aliphatic heterocycles. The Bertz CT molecular complexity index is 686. The van der Waals surface area contributed by atoms with Crippen LogP contribution in [0.15, 0.2) is 16.6 Å². The van der Waals surface area contributed by atoms with Gasteiger partial charge in [0.2, 0.25) is 0 Å². The van der Waals surface area contributed by atoms with E-state index in [2.05, 4.69) is 21.2 Å². The van der Waals surface area contributed by atoms with E-state index in [1.165, 1.54) is 6.07 Å². The molecule has 1 aromatic rings. The zero-order chi connectivity index (χ0) is 19.5. The molecule has 1 aliphatic rings. The first-order valence-corrected chi connectivity index (χ1v) is 9.64. The molecular weight excluding hydrogens is 427 g/mol. The zero-order valence-corrected chi connectivity index (χ0v) is 17.4. The van der Waals surface area contributed by atoms with Gasteiger partial charge < -0.3 is 15.0 Å². The van der Waals surface area contributed by atoms with Gasteiger partial charge in [-0.25, -0.2) is 9.18 Å². The molecule has 0 unspecified atom stereocenters. The molecule has 1 heterocycles. The number of carbonyl (C=O) groups excluding carboxylic acids is 2. The van der Waals surface area contributed by atoms with Gasteiger partial charge >= 0.3 is 6.09 Å². The molecule has 2 amide bonds. The lowest BCUT2D eigenvalue weighted by Gasteiger charge is -2.32. The van der Waals surface area contributed by atoms with Crippen LogP contribution in [0.1, 0.15) is 44.0 Å². The minimum absolute atomic E-state index is 0.165. The molecule has 8 heteroatoms. The second-order valence-corrected chi connectivity index (χ2v) is 8.63. The Balaban J connectivity index is 1.85. The van der Waals surface area contributed by atoms with E-state index in [1.807, 2.05) is 20.8 Å². The van der Waals surface area contributed by atoms with Crippen LogP contribution in [0, 0.1) is 11.7 Å². The van der Waals surface area contributed by atoms with Crippen LogP contribution in [0.2, 0.25) is 5.02 Å². The summed E-state index contributed by atoms with van der Waals surface area (Å²) in [4.78, 5) is 26.0. The number of piperidine rings is 1. The number of halogens is 3. The summed E-state index contributed by atoms with van der Waals surface area (Å²) in [6.45, 7) is 7.01. The van der Waals surface area contributed by atoms with E-state index in [4.69, 9.17) is 16.3 Å². The summed E-state index contributed by atoms with van der Waals surface area (Å²) in [6.07, 6.45) is 1.06. The maximum Gasteiger partial charge on any atom is 0.407 e. The van der Waals surface area contributed by atoms with Gasteiger partial charge in [-0.05, 0) is 67.6 Å². The minimum Gasteiger partial charge on any atom is -0.444 e. The number of nitrogens with zero attached hydrogens (tertiary/aromatic N) is 1. The number of amides is 2. The number of benzene rings is 1. The monoisotopic (exact) mass is 448 g/mol. The van der Waals surface area contributed by atoms with E-state index in [-0.39, 0.29) is 26.9 Å². The highest BCUT2D eigenvalue weighted by atomic mass is 79.9. The maximum atomic E-state index is 13.7. The first kappa shape index (κ1) is 21.0. The SMILES string of the molecule is CC(C)(C)OC(=O)NCC1CCN(C(=O)c2cc(F)c(Br)cc2Cl)CC1. The van der Waals surface area contributed by atoms with Crippen LogP contribution in [-0.2, 0) is 4.74 Å². The van der Waals surface area contributed by atoms with Gasteiger partial charge in [-0.15, -0.1) is 0 Å². The molecule has 0 aromatic heterocycles. The van der Waals surface area contributed by atoms with Crippen molar-refractivity contribution in [2.75, 3.05) is 19.6 Å². The fraction of sp³-hybridized carbons (Fsp3) is 0.556. The first-order valence-electron chi connectivity index (χ1n) is 8.47. The van der Waals surface area contributed by atoms with E-state index in [1.54, 1.807) is 4.90 Å². The summed E-state index contributed by atoms with van der Waals surface area (Å²) in [5, 5.41) is 2.99. The molecule has 0 saturated carbocycles. The molecule has 1 fully saturated rings. The third kappa shape index (κ3) is 5.84. The van der Waals surface area contributed by atoms with Gasteiger partial charge in [0.05, 0.1) is 15.1 Å². The van der Waals surface area contributed by atoms with Crippen molar-refractivity contribution in [2.45, 2.75) is 39.2 Å². The van der Waals surface area contributed by atoms with Crippen molar-refractivity contribution < 1.29 is 18.7 Å². The average Bonchev–Trinajstić information content (AvgIpc) is 2.54. The number of likely N-dealkylation sites (tertiary alicyclic amines) is 1. The van der Waals surface area contributed by atoms with Gasteiger partial charge in [0.15, 0.2) is 0 Å². The lowest BCUT2D eigenvalue weighted by Crippen LogP contribution is -2.42. The fourth-order valence-corrected chi connectivity index (χ4v) is 3.46. The summed E-state index contributed by atoms with van der Waals surface area (Å²) in [5.41, 5.74) is -0.364. The average molecular weight is 450 g/mol. The van der Waals surface area contributed by atoms with Gasteiger partial charge in [-0.1, -0.05) is 11.6 Å². The molecular formula is C18H23BrClFN2O3. The number of hydrogen-bond acceptors (Lipinski definition) is 3. The number of alkyl carbamates (subject to hydrolysis) is 1. The van der Waals surface area contributed by atoms with Gasteiger partial charge in [-0.3, -0.25) is 4.79 Å². The topological polar surface area (TPSA) is 58.6 Å². The lowest BCUT2D eigenvalue weighted by atomic mass is 9.96. The fourth-order valence-electron chi connectivity index (χ4n) is 2.74. The summed E-state index contributed by atoms with van der Waals surface area (Å²) < 4.78 is 19.2. The predicted octanol–water partition coefficient (Wildman–Crippen LogP) is 4.62. The van der Waals surface area contributed by atoms with Crippen molar-refractivity contribution >= 4 is 39.5 Å². The highest BCUT2D eigenvalue weighted by molar-refractivity contribution is 9.10. The van der Waals surface area contributed by atoms with E-state index in [0.29, 0.717) is 19.6 Å². The van der Waals surface area contributed by atoms with E-state index < -0.39 is 17.5 Å². The van der Waals surface area contributed by atoms with Crippen LogP contribution in [-0.4, -0.2) is 42.1 Å². The molecule has 0 spiro atoms. The quantitative estimate of drug-likeness (QED) is 0.685. The summed E-state index contributed by atoms with van der Waals surface area (Å²) in [7, 11) is 0. The predicted molar refractivity (Wildman–Crippen MR) is 102 cm³/mol. The number of hydrogen-bond donors (Lipinski definition) is 1. The van der Waals surface area contributed by atoms with Crippen LogP contribution in [0.3, 0.4) is 0 Å². The Hall–Kier alpha value is -1.34. The Labute approximate surface area is 166 Å². The summed E-state index contributed by atoms with van der Waals surface area (Å²) >= 11 is 9.13. The van der Waals surface area contributed by atoms with Crippen LogP contribution in [0.25, 0.3) is 0 Å². The van der Waals surface area contributed by atoms with Gasteiger partial charge in [0, 0.05) is 19.6 Å². The molecule has 1 saturated heterocycles. The van der Waals surface area contributed by atoms with Crippen molar-refractivity contribution in [1.29, 1.82) is 0 Å². The van der Waals surface area contributed by atoms with Gasteiger partial charge in [0.1, 0.15) is 11.4 Å². The Morgan fingerprint density at radius 2 is 1.96 bits per heavy atom. The minimum atomic E-state index is -0.529. The van der Waals surface area contributed by atoms with E-state index in [9.17, 15) is 14.0 Å². The molecule has 0 bridgehead atoms. The van der Waals surface area contributed by atoms with Crippen molar-refractivity contribution in [3.63, 3.8) is 0 Å². The Morgan fingerprint density at radius 1 is 1.35 bits per heavy atom. The van der Waals surface area contributed by atoms with Gasteiger partial charge in [0.25, 0.3) is 5.91 Å². The molecule has 26 heavy (non-hydrogen) atoms. The highest BCUT2D eigenvalue weighted by Gasteiger charge is 2.26. The molecule has 1 aromatic carbocycles. The van der Waals surface area contributed by atoms with Crippen LogP contribution in [0.5, 0.6) is 0 Å². The molecule has 1 N–H and O–H groups in total. The van der Waals surface area contributed by atoms with Crippen molar-refractivity contribution in [1.82, 2.24) is 10.2 Å². The van der Waals surface area contributed by atoms with E-state index >= 15 is 0 Å². The zero-order valence-electron chi connectivity index (χ0n) is 15.1. The second-order valence-electron chi connectivity index (χ2n) is 7.36. The summed E-state index contributed by atoms with van der Waals surface area (Å²) in [6, 6.07) is 2.55. The Kier molecular flexibility index (Phi) is 6.91. The normalized spacial score (nSPS) is 15.7. The largest absolute Gasteiger partial charge is 0.444 e. The third-order valence-electron chi connectivity index (χ3n) is 4.08. The lowest BCUT2D eigenvalue weighted by molar-refractivity contribution is 0.0500.